The van der Waals surface area contributed by atoms with Crippen molar-refractivity contribution in [2.24, 2.45) is 16.6 Å². The number of likely N-dealkylation sites (tertiary alicyclic amines) is 1. The van der Waals surface area contributed by atoms with Crippen LogP contribution < -0.4 is 11.1 Å². The molecule has 3 heterocycles. The fraction of sp³-hybridized carbons (Fsp3) is 0.292. The molecule has 4 rings (SSSR count). The van der Waals surface area contributed by atoms with Crippen molar-refractivity contribution in [1.82, 2.24) is 14.9 Å². The average Bonchev–Trinajstić information content (AvgIpc) is 2.76. The minimum atomic E-state index is 0.220. The molecule has 6 heteroatoms. The first-order valence-corrected chi connectivity index (χ1v) is 10.4. The van der Waals surface area contributed by atoms with E-state index in [1.165, 1.54) is 5.56 Å². The highest BCUT2D eigenvalue weighted by molar-refractivity contribution is 5.94. The molecule has 0 spiro atoms. The first-order valence-electron chi connectivity index (χ1n) is 10.4. The Bertz CT molecular complexity index is 1070. The summed E-state index contributed by atoms with van der Waals surface area (Å²) in [5.41, 5.74) is 9.71. The van der Waals surface area contributed by atoms with Crippen LogP contribution in [0.15, 0.2) is 72.4 Å². The lowest BCUT2D eigenvalue weighted by atomic mass is 9.96. The summed E-state index contributed by atoms with van der Waals surface area (Å²) in [4.78, 5) is 15.7. The molecule has 0 saturated carbocycles. The lowest BCUT2D eigenvalue weighted by Crippen LogP contribution is -2.41. The number of aliphatic imine (C=N–C) groups is 1. The van der Waals surface area contributed by atoms with Crippen molar-refractivity contribution >= 4 is 22.3 Å². The SMILES string of the molecule is C=C(/N=C(\N)C1CCCN(Cc2ncccc2C)C1)Nc1cccc2cnccc12. The van der Waals surface area contributed by atoms with Gasteiger partial charge in [0.2, 0.25) is 0 Å². The third kappa shape index (κ3) is 4.66. The second kappa shape index (κ2) is 9.05. The molecule has 2 aromatic heterocycles. The normalized spacial score (nSPS) is 17.8. The highest BCUT2D eigenvalue weighted by atomic mass is 15.1. The molecule has 0 amide bonds. The van der Waals surface area contributed by atoms with Crippen LogP contribution in [0.5, 0.6) is 0 Å². The number of aryl methyl sites for hydroxylation is 1. The van der Waals surface area contributed by atoms with Gasteiger partial charge in [-0.05, 0) is 50.1 Å². The maximum absolute atomic E-state index is 6.40. The highest BCUT2D eigenvalue weighted by Gasteiger charge is 2.23. The summed E-state index contributed by atoms with van der Waals surface area (Å²) in [7, 11) is 0. The van der Waals surface area contributed by atoms with Crippen LogP contribution in [-0.2, 0) is 6.54 Å². The first-order chi connectivity index (χ1) is 14.6. The third-order valence-electron chi connectivity index (χ3n) is 5.64. The lowest BCUT2D eigenvalue weighted by Gasteiger charge is -2.32. The van der Waals surface area contributed by atoms with E-state index >= 15 is 0 Å². The number of aromatic nitrogens is 2. The van der Waals surface area contributed by atoms with Gasteiger partial charge in [-0.2, -0.15) is 0 Å². The van der Waals surface area contributed by atoms with Gasteiger partial charge in [0.05, 0.1) is 5.69 Å². The van der Waals surface area contributed by atoms with E-state index in [0.717, 1.165) is 54.6 Å². The Morgan fingerprint density at radius 2 is 2.17 bits per heavy atom. The van der Waals surface area contributed by atoms with Crippen LogP contribution in [0.2, 0.25) is 0 Å². The zero-order chi connectivity index (χ0) is 20.9. The van der Waals surface area contributed by atoms with E-state index in [4.69, 9.17) is 5.73 Å². The molecule has 30 heavy (non-hydrogen) atoms. The van der Waals surface area contributed by atoms with Gasteiger partial charge in [0.1, 0.15) is 11.7 Å². The summed E-state index contributed by atoms with van der Waals surface area (Å²) in [6.45, 7) is 8.97. The lowest BCUT2D eigenvalue weighted by molar-refractivity contribution is 0.193. The molecule has 1 aromatic carbocycles. The Morgan fingerprint density at radius 1 is 1.27 bits per heavy atom. The minimum absolute atomic E-state index is 0.220. The number of pyridine rings is 2. The number of benzene rings is 1. The van der Waals surface area contributed by atoms with Crippen molar-refractivity contribution in [3.63, 3.8) is 0 Å². The molecule has 6 nitrogen and oxygen atoms in total. The Kier molecular flexibility index (Phi) is 6.05. The van der Waals surface area contributed by atoms with Crippen LogP contribution in [0.3, 0.4) is 0 Å². The molecule has 1 saturated heterocycles. The Morgan fingerprint density at radius 3 is 3.03 bits per heavy atom. The van der Waals surface area contributed by atoms with E-state index in [0.29, 0.717) is 11.7 Å². The number of hydrogen-bond donors (Lipinski definition) is 2. The summed E-state index contributed by atoms with van der Waals surface area (Å²) >= 11 is 0. The summed E-state index contributed by atoms with van der Waals surface area (Å²) in [6.07, 6.45) is 7.64. The van der Waals surface area contributed by atoms with Crippen molar-refractivity contribution in [3.05, 3.63) is 78.6 Å². The topological polar surface area (TPSA) is 79.4 Å². The number of piperidine rings is 1. The van der Waals surface area contributed by atoms with Crippen LogP contribution in [0.1, 0.15) is 24.1 Å². The van der Waals surface area contributed by atoms with Crippen LogP contribution in [0.4, 0.5) is 5.69 Å². The number of rotatable bonds is 6. The van der Waals surface area contributed by atoms with Crippen molar-refractivity contribution in [3.8, 4) is 0 Å². The minimum Gasteiger partial charge on any atom is -0.387 e. The quantitative estimate of drug-likeness (QED) is 0.481. The highest BCUT2D eigenvalue weighted by Crippen LogP contribution is 2.24. The number of anilines is 1. The predicted octanol–water partition coefficient (Wildman–Crippen LogP) is 4.09. The summed E-state index contributed by atoms with van der Waals surface area (Å²) in [6, 6.07) is 12.1. The van der Waals surface area contributed by atoms with E-state index in [1.807, 2.05) is 42.7 Å². The van der Waals surface area contributed by atoms with E-state index in [9.17, 15) is 0 Å². The number of fused-ring (bicyclic) bond motifs is 1. The zero-order valence-corrected chi connectivity index (χ0v) is 17.4. The van der Waals surface area contributed by atoms with Crippen LogP contribution in [0, 0.1) is 12.8 Å². The van der Waals surface area contributed by atoms with E-state index in [-0.39, 0.29) is 5.92 Å². The smallest absolute Gasteiger partial charge is 0.125 e. The number of amidine groups is 1. The molecule has 0 radical (unpaired) electrons. The van der Waals surface area contributed by atoms with Gasteiger partial charge in [0.25, 0.3) is 0 Å². The number of nitrogens with zero attached hydrogens (tertiary/aromatic N) is 4. The maximum atomic E-state index is 6.40. The van der Waals surface area contributed by atoms with Gasteiger partial charge < -0.3 is 11.1 Å². The number of hydrogen-bond acceptors (Lipinski definition) is 5. The van der Waals surface area contributed by atoms with Crippen molar-refractivity contribution in [1.29, 1.82) is 0 Å². The zero-order valence-electron chi connectivity index (χ0n) is 17.4. The largest absolute Gasteiger partial charge is 0.387 e. The average molecular weight is 401 g/mol. The molecule has 1 aliphatic rings. The molecule has 154 valence electrons. The summed E-state index contributed by atoms with van der Waals surface area (Å²) in [5, 5.41) is 5.45. The molecule has 1 fully saturated rings. The fourth-order valence-electron chi connectivity index (χ4n) is 4.00. The third-order valence-corrected chi connectivity index (χ3v) is 5.64. The van der Waals surface area contributed by atoms with E-state index in [1.54, 1.807) is 6.20 Å². The van der Waals surface area contributed by atoms with Gasteiger partial charge in [-0.1, -0.05) is 24.8 Å². The Labute approximate surface area is 177 Å². The molecular formula is C24H28N6. The van der Waals surface area contributed by atoms with Crippen molar-refractivity contribution in [2.45, 2.75) is 26.3 Å². The molecule has 1 atom stereocenters. The Hall–Kier alpha value is -3.25. The second-order valence-corrected chi connectivity index (χ2v) is 7.85. The van der Waals surface area contributed by atoms with Gasteiger partial charge in [0, 0.05) is 54.1 Å². The van der Waals surface area contributed by atoms with Gasteiger partial charge in [-0.15, -0.1) is 0 Å². The first kappa shape index (κ1) is 20.0. The predicted molar refractivity (Wildman–Crippen MR) is 123 cm³/mol. The van der Waals surface area contributed by atoms with E-state index in [2.05, 4.69) is 44.7 Å². The van der Waals surface area contributed by atoms with Crippen molar-refractivity contribution < 1.29 is 0 Å². The van der Waals surface area contributed by atoms with Crippen LogP contribution in [0.25, 0.3) is 10.8 Å². The Balaban J connectivity index is 1.42. The fourth-order valence-corrected chi connectivity index (χ4v) is 4.00. The van der Waals surface area contributed by atoms with Crippen LogP contribution in [-0.4, -0.2) is 33.8 Å². The van der Waals surface area contributed by atoms with Gasteiger partial charge in [-0.3, -0.25) is 14.9 Å². The standard InChI is InChI=1S/C24H28N6/c1-17-6-4-11-27-23(17)16-30-13-5-8-20(15-30)24(25)29-18(2)28-22-9-3-7-19-14-26-12-10-21(19)22/h3-4,6-7,9-12,14,20,28H,2,5,8,13,15-16H2,1H3,(H2,25,29). The summed E-state index contributed by atoms with van der Waals surface area (Å²) in [5.74, 6) is 1.41. The molecule has 3 aromatic rings. The monoisotopic (exact) mass is 400 g/mol. The number of nitrogens with two attached hydrogens (primary N) is 1. The molecule has 3 N–H and O–H groups in total. The van der Waals surface area contributed by atoms with Crippen molar-refractivity contribution in [2.75, 3.05) is 18.4 Å². The molecule has 0 aliphatic carbocycles. The van der Waals surface area contributed by atoms with Gasteiger partial charge >= 0.3 is 0 Å². The van der Waals surface area contributed by atoms with E-state index < -0.39 is 0 Å². The van der Waals surface area contributed by atoms with Gasteiger partial charge in [0.15, 0.2) is 0 Å². The molecule has 1 unspecified atom stereocenters. The van der Waals surface area contributed by atoms with Gasteiger partial charge in [-0.25, -0.2) is 4.99 Å². The molecular weight excluding hydrogens is 372 g/mol. The van der Waals surface area contributed by atoms with Crippen LogP contribution >= 0.6 is 0 Å². The number of nitrogens with one attached hydrogen (secondary N) is 1. The summed E-state index contributed by atoms with van der Waals surface area (Å²) < 4.78 is 0. The molecule has 1 aliphatic heterocycles. The second-order valence-electron chi connectivity index (χ2n) is 7.85. The molecule has 0 bridgehead atoms. The maximum Gasteiger partial charge on any atom is 0.125 e.